The van der Waals surface area contributed by atoms with E-state index >= 15 is 0 Å². The van der Waals surface area contributed by atoms with Gasteiger partial charge in [0.25, 0.3) is 5.89 Å². The molecule has 1 N–H and O–H groups in total. The molecular formula is C16H22N4O4. The average Bonchev–Trinajstić information content (AvgIpc) is 3.29. The van der Waals surface area contributed by atoms with Crippen LogP contribution < -0.4 is 5.32 Å². The van der Waals surface area contributed by atoms with Crippen LogP contribution in [0, 0.1) is 0 Å². The van der Waals surface area contributed by atoms with E-state index in [1.807, 2.05) is 13.0 Å². The lowest BCUT2D eigenvalue weighted by atomic mass is 10.1. The standard InChI is InChI=1S/C16H22N4O4/c1-2-14-18-15(24-19-14)11-23-13-5-3-7-20(10-13)16(21)17-9-12-6-4-8-22-12/h4,6,8,13H,2-3,5,7,9-11H2,1H3,(H,17,21). The second kappa shape index (κ2) is 7.96. The van der Waals surface area contributed by atoms with Gasteiger partial charge in [-0.15, -0.1) is 0 Å². The summed E-state index contributed by atoms with van der Waals surface area (Å²) >= 11 is 0. The number of nitrogens with one attached hydrogen (secondary N) is 1. The number of hydrogen-bond donors (Lipinski definition) is 1. The monoisotopic (exact) mass is 334 g/mol. The Kier molecular flexibility index (Phi) is 5.47. The number of urea groups is 1. The number of nitrogens with zero attached hydrogens (tertiary/aromatic N) is 3. The molecule has 2 aromatic heterocycles. The average molecular weight is 334 g/mol. The number of hydrogen-bond acceptors (Lipinski definition) is 6. The van der Waals surface area contributed by atoms with Crippen LogP contribution in [0.5, 0.6) is 0 Å². The van der Waals surface area contributed by atoms with E-state index in [1.165, 1.54) is 0 Å². The number of carbonyl (C=O) groups is 1. The third-order valence-electron chi connectivity index (χ3n) is 3.93. The van der Waals surface area contributed by atoms with Gasteiger partial charge in [-0.1, -0.05) is 12.1 Å². The molecule has 0 spiro atoms. The highest BCUT2D eigenvalue weighted by atomic mass is 16.5. The minimum atomic E-state index is -0.106. The van der Waals surface area contributed by atoms with Gasteiger partial charge in [-0.3, -0.25) is 0 Å². The Hall–Kier alpha value is -2.35. The molecule has 0 bridgehead atoms. The molecule has 0 radical (unpaired) electrons. The predicted octanol–water partition coefficient (Wildman–Crippen LogP) is 2.12. The summed E-state index contributed by atoms with van der Waals surface area (Å²) in [5, 5.41) is 6.70. The quantitative estimate of drug-likeness (QED) is 0.869. The van der Waals surface area contributed by atoms with Gasteiger partial charge in [0.05, 0.1) is 18.9 Å². The molecule has 0 saturated carbocycles. The van der Waals surface area contributed by atoms with Gasteiger partial charge < -0.3 is 23.9 Å². The van der Waals surface area contributed by atoms with E-state index in [2.05, 4.69) is 15.5 Å². The van der Waals surface area contributed by atoms with Crippen LogP contribution in [0.25, 0.3) is 0 Å². The number of rotatable bonds is 6. The first kappa shape index (κ1) is 16.5. The summed E-state index contributed by atoms with van der Waals surface area (Å²) in [5.41, 5.74) is 0. The largest absolute Gasteiger partial charge is 0.467 e. The molecule has 1 saturated heterocycles. The van der Waals surface area contributed by atoms with E-state index in [9.17, 15) is 4.79 Å². The lowest BCUT2D eigenvalue weighted by molar-refractivity contribution is -0.0104. The zero-order valence-electron chi connectivity index (χ0n) is 13.7. The van der Waals surface area contributed by atoms with Crippen molar-refractivity contribution in [3.8, 4) is 0 Å². The second-order valence-corrected chi connectivity index (χ2v) is 5.72. The number of amides is 2. The minimum absolute atomic E-state index is 0.0231. The third-order valence-corrected chi connectivity index (χ3v) is 3.93. The highest BCUT2D eigenvalue weighted by Gasteiger charge is 2.24. The lowest BCUT2D eigenvalue weighted by Gasteiger charge is -2.32. The van der Waals surface area contributed by atoms with Gasteiger partial charge in [0.15, 0.2) is 5.82 Å². The Morgan fingerprint density at radius 2 is 2.46 bits per heavy atom. The second-order valence-electron chi connectivity index (χ2n) is 5.72. The Bertz CT molecular complexity index is 640. The molecule has 8 nitrogen and oxygen atoms in total. The van der Waals surface area contributed by atoms with Gasteiger partial charge >= 0.3 is 6.03 Å². The Balaban J connectivity index is 1.44. The van der Waals surface area contributed by atoms with Crippen molar-refractivity contribution in [2.45, 2.75) is 45.4 Å². The topological polar surface area (TPSA) is 93.6 Å². The van der Waals surface area contributed by atoms with Crippen LogP contribution in [-0.4, -0.2) is 40.3 Å². The lowest BCUT2D eigenvalue weighted by Crippen LogP contribution is -2.47. The number of ether oxygens (including phenoxy) is 1. The number of likely N-dealkylation sites (tertiary alicyclic amines) is 1. The van der Waals surface area contributed by atoms with Gasteiger partial charge in [0, 0.05) is 19.5 Å². The number of aromatic nitrogens is 2. The first-order valence-corrected chi connectivity index (χ1v) is 8.23. The molecule has 3 heterocycles. The molecule has 1 aliphatic rings. The molecule has 1 fully saturated rings. The number of carbonyl (C=O) groups excluding carboxylic acids is 1. The fraction of sp³-hybridized carbons (Fsp3) is 0.562. The maximum Gasteiger partial charge on any atom is 0.317 e. The van der Waals surface area contributed by atoms with Crippen molar-refractivity contribution in [3.63, 3.8) is 0 Å². The van der Waals surface area contributed by atoms with E-state index in [4.69, 9.17) is 13.7 Å². The minimum Gasteiger partial charge on any atom is -0.467 e. The van der Waals surface area contributed by atoms with E-state index < -0.39 is 0 Å². The van der Waals surface area contributed by atoms with Crippen molar-refractivity contribution in [2.75, 3.05) is 13.1 Å². The number of furan rings is 1. The Labute approximate surface area is 140 Å². The van der Waals surface area contributed by atoms with Crippen molar-refractivity contribution < 1.29 is 18.5 Å². The fourth-order valence-corrected chi connectivity index (χ4v) is 2.63. The highest BCUT2D eigenvalue weighted by Crippen LogP contribution is 2.15. The molecule has 1 unspecified atom stereocenters. The number of piperidine rings is 1. The molecule has 3 rings (SSSR count). The van der Waals surface area contributed by atoms with Crippen molar-refractivity contribution in [3.05, 3.63) is 35.9 Å². The van der Waals surface area contributed by atoms with Gasteiger partial charge in [-0.2, -0.15) is 4.98 Å². The molecule has 0 aliphatic carbocycles. The van der Waals surface area contributed by atoms with E-state index in [-0.39, 0.29) is 18.7 Å². The SMILES string of the molecule is CCc1noc(COC2CCCN(C(=O)NCc3ccco3)C2)n1. The summed E-state index contributed by atoms with van der Waals surface area (Å²) in [6.45, 7) is 3.91. The summed E-state index contributed by atoms with van der Waals surface area (Å²) in [4.78, 5) is 18.2. The molecule has 8 heteroatoms. The van der Waals surface area contributed by atoms with E-state index in [0.29, 0.717) is 24.8 Å². The zero-order valence-corrected chi connectivity index (χ0v) is 13.7. The molecular weight excluding hydrogens is 312 g/mol. The summed E-state index contributed by atoms with van der Waals surface area (Å²) in [6.07, 6.45) is 4.12. The summed E-state index contributed by atoms with van der Waals surface area (Å²) < 4.78 is 16.1. The Morgan fingerprint density at radius 1 is 1.54 bits per heavy atom. The molecule has 1 atom stereocenters. The van der Waals surface area contributed by atoms with Crippen LogP contribution in [-0.2, 0) is 24.3 Å². The fourth-order valence-electron chi connectivity index (χ4n) is 2.63. The molecule has 2 aromatic rings. The summed E-state index contributed by atoms with van der Waals surface area (Å²) in [6, 6.07) is 3.52. The van der Waals surface area contributed by atoms with Crippen molar-refractivity contribution in [2.24, 2.45) is 0 Å². The first-order valence-electron chi connectivity index (χ1n) is 8.23. The van der Waals surface area contributed by atoms with Crippen molar-refractivity contribution >= 4 is 6.03 Å². The van der Waals surface area contributed by atoms with Crippen LogP contribution >= 0.6 is 0 Å². The first-order chi connectivity index (χ1) is 11.7. The van der Waals surface area contributed by atoms with Crippen LogP contribution in [0.2, 0.25) is 0 Å². The molecule has 130 valence electrons. The molecule has 0 aromatic carbocycles. The van der Waals surface area contributed by atoms with Crippen LogP contribution in [0.3, 0.4) is 0 Å². The zero-order chi connectivity index (χ0) is 16.8. The Morgan fingerprint density at radius 3 is 3.21 bits per heavy atom. The van der Waals surface area contributed by atoms with Gasteiger partial charge in [-0.25, -0.2) is 4.79 Å². The summed E-state index contributed by atoms with van der Waals surface area (Å²) in [7, 11) is 0. The normalized spacial score (nSPS) is 17.9. The molecule has 24 heavy (non-hydrogen) atoms. The number of aryl methyl sites for hydroxylation is 1. The molecule has 1 aliphatic heterocycles. The predicted molar refractivity (Wildman–Crippen MR) is 84.0 cm³/mol. The van der Waals surface area contributed by atoms with E-state index in [1.54, 1.807) is 17.2 Å². The van der Waals surface area contributed by atoms with Gasteiger partial charge in [0.2, 0.25) is 0 Å². The van der Waals surface area contributed by atoms with Crippen LogP contribution in [0.15, 0.2) is 27.3 Å². The maximum atomic E-state index is 12.2. The molecule has 2 amide bonds. The maximum absolute atomic E-state index is 12.2. The smallest absolute Gasteiger partial charge is 0.317 e. The van der Waals surface area contributed by atoms with Gasteiger partial charge in [-0.05, 0) is 25.0 Å². The van der Waals surface area contributed by atoms with Crippen LogP contribution in [0.1, 0.15) is 37.2 Å². The van der Waals surface area contributed by atoms with Crippen molar-refractivity contribution in [1.82, 2.24) is 20.4 Å². The van der Waals surface area contributed by atoms with Crippen LogP contribution in [0.4, 0.5) is 4.79 Å². The van der Waals surface area contributed by atoms with Gasteiger partial charge in [0.1, 0.15) is 12.4 Å². The van der Waals surface area contributed by atoms with E-state index in [0.717, 1.165) is 31.6 Å². The van der Waals surface area contributed by atoms with Crippen molar-refractivity contribution in [1.29, 1.82) is 0 Å². The summed E-state index contributed by atoms with van der Waals surface area (Å²) in [5.74, 6) is 1.89. The highest BCUT2D eigenvalue weighted by molar-refractivity contribution is 5.74. The third kappa shape index (κ3) is 4.35.